The molecule has 0 aliphatic rings. The van der Waals surface area contributed by atoms with E-state index in [0.717, 1.165) is 6.07 Å². The number of rotatable bonds is 1. The molecule has 80 valence electrons. The maximum absolute atomic E-state index is 11.6. The van der Waals surface area contributed by atoms with Gasteiger partial charge in [0.1, 0.15) is 0 Å². The quantitative estimate of drug-likeness (QED) is 0.717. The molecule has 1 rings (SSSR count). The molecule has 0 unspecified atom stereocenters. The number of halogens is 3. The van der Waals surface area contributed by atoms with Gasteiger partial charge in [-0.25, -0.2) is 0 Å². The average molecular weight is 207 g/mol. The van der Waals surface area contributed by atoms with E-state index in [-0.39, 0.29) is 11.4 Å². The molecule has 1 aromatic carbocycles. The Morgan fingerprint density at radius 2 is 1.64 bits per heavy atom. The minimum atomic E-state index is -4.69. The Morgan fingerprint density at radius 1 is 1.14 bits per heavy atom. The Kier molecular flexibility index (Phi) is 4.83. The van der Waals surface area contributed by atoms with Crippen LogP contribution in [0.2, 0.25) is 0 Å². The lowest BCUT2D eigenvalue weighted by Crippen LogP contribution is -2.17. The summed E-state index contributed by atoms with van der Waals surface area (Å²) >= 11 is 0. The van der Waals surface area contributed by atoms with Crippen molar-refractivity contribution in [3.8, 4) is 5.75 Å². The zero-order chi connectivity index (χ0) is 11.2. The summed E-state index contributed by atoms with van der Waals surface area (Å²) in [6.45, 7) is 4.00. The number of ether oxygens (including phenoxy) is 1. The summed E-state index contributed by atoms with van der Waals surface area (Å²) < 4.78 is 38.5. The Morgan fingerprint density at radius 3 is 2.07 bits per heavy atom. The zero-order valence-corrected chi connectivity index (χ0v) is 7.93. The van der Waals surface area contributed by atoms with E-state index < -0.39 is 6.36 Å². The Hall–Kier alpha value is -1.39. The zero-order valence-electron chi connectivity index (χ0n) is 7.93. The van der Waals surface area contributed by atoms with Gasteiger partial charge in [0, 0.05) is 0 Å². The minimum absolute atomic E-state index is 0.0326. The summed E-state index contributed by atoms with van der Waals surface area (Å²) in [7, 11) is 0. The van der Waals surface area contributed by atoms with Crippen LogP contribution in [0, 0.1) is 0 Å². The molecule has 0 fully saturated rings. The first-order valence-electron chi connectivity index (χ1n) is 4.09. The summed E-state index contributed by atoms with van der Waals surface area (Å²) in [6, 6.07) is 5.43. The smallest absolute Gasteiger partial charge is 0.404 e. The fourth-order valence-electron chi connectivity index (χ4n) is 0.698. The number of hydrogen-bond donors (Lipinski definition) is 1. The molecule has 0 heterocycles. The predicted octanol–water partition coefficient (Wildman–Crippen LogP) is 3.19. The van der Waals surface area contributed by atoms with Crippen molar-refractivity contribution >= 4 is 5.69 Å². The van der Waals surface area contributed by atoms with Gasteiger partial charge in [-0.05, 0) is 12.1 Å². The first kappa shape index (κ1) is 12.6. The van der Waals surface area contributed by atoms with Gasteiger partial charge in [0.15, 0.2) is 5.75 Å². The molecule has 0 atom stereocenters. The first-order chi connectivity index (χ1) is 6.49. The minimum Gasteiger partial charge on any atom is -0.404 e. The van der Waals surface area contributed by atoms with Gasteiger partial charge < -0.3 is 10.5 Å². The topological polar surface area (TPSA) is 35.2 Å². The van der Waals surface area contributed by atoms with Crippen molar-refractivity contribution in [3.63, 3.8) is 0 Å². The number of anilines is 1. The molecule has 0 bridgehead atoms. The average Bonchev–Trinajstić information content (AvgIpc) is 2.10. The van der Waals surface area contributed by atoms with Gasteiger partial charge >= 0.3 is 6.36 Å². The van der Waals surface area contributed by atoms with Gasteiger partial charge in [0.2, 0.25) is 0 Å². The van der Waals surface area contributed by atoms with Gasteiger partial charge in [-0.1, -0.05) is 26.0 Å². The molecule has 0 saturated heterocycles. The largest absolute Gasteiger partial charge is 0.573 e. The molecular weight excluding hydrogens is 195 g/mol. The summed E-state index contributed by atoms with van der Waals surface area (Å²) in [5.74, 6) is -0.370. The fraction of sp³-hybridized carbons (Fsp3) is 0.333. The second-order valence-corrected chi connectivity index (χ2v) is 2.09. The SMILES string of the molecule is CC.Nc1ccccc1OC(F)(F)F. The van der Waals surface area contributed by atoms with E-state index >= 15 is 0 Å². The van der Waals surface area contributed by atoms with Crippen LogP contribution in [0.4, 0.5) is 18.9 Å². The van der Waals surface area contributed by atoms with Crippen LogP contribution in [0.15, 0.2) is 24.3 Å². The number of alkyl halides is 3. The van der Waals surface area contributed by atoms with Crippen LogP contribution in [-0.2, 0) is 0 Å². The van der Waals surface area contributed by atoms with Crippen molar-refractivity contribution in [1.82, 2.24) is 0 Å². The first-order valence-corrected chi connectivity index (χ1v) is 4.09. The lowest BCUT2D eigenvalue weighted by atomic mass is 10.3. The van der Waals surface area contributed by atoms with Crippen LogP contribution >= 0.6 is 0 Å². The van der Waals surface area contributed by atoms with Crippen molar-refractivity contribution in [3.05, 3.63) is 24.3 Å². The van der Waals surface area contributed by atoms with E-state index in [1.807, 2.05) is 13.8 Å². The monoisotopic (exact) mass is 207 g/mol. The Balaban J connectivity index is 0.000000791. The number of benzene rings is 1. The molecule has 0 radical (unpaired) electrons. The van der Waals surface area contributed by atoms with Crippen LogP contribution in [0.5, 0.6) is 5.75 Å². The number of nitrogens with two attached hydrogens (primary N) is 1. The van der Waals surface area contributed by atoms with E-state index in [2.05, 4.69) is 4.74 Å². The van der Waals surface area contributed by atoms with E-state index in [0.29, 0.717) is 0 Å². The third kappa shape index (κ3) is 4.59. The summed E-state index contributed by atoms with van der Waals surface area (Å²) in [4.78, 5) is 0. The number of nitrogen functional groups attached to an aromatic ring is 1. The molecule has 14 heavy (non-hydrogen) atoms. The highest BCUT2D eigenvalue weighted by Crippen LogP contribution is 2.27. The highest BCUT2D eigenvalue weighted by atomic mass is 19.4. The van der Waals surface area contributed by atoms with Crippen molar-refractivity contribution < 1.29 is 17.9 Å². The van der Waals surface area contributed by atoms with Gasteiger partial charge in [0.05, 0.1) is 5.69 Å². The third-order valence-corrected chi connectivity index (χ3v) is 1.14. The van der Waals surface area contributed by atoms with Crippen molar-refractivity contribution in [1.29, 1.82) is 0 Å². The highest BCUT2D eigenvalue weighted by Gasteiger charge is 2.31. The number of para-hydroxylation sites is 2. The third-order valence-electron chi connectivity index (χ3n) is 1.14. The number of hydrogen-bond acceptors (Lipinski definition) is 2. The lowest BCUT2D eigenvalue weighted by molar-refractivity contribution is -0.274. The molecule has 2 N–H and O–H groups in total. The van der Waals surface area contributed by atoms with Gasteiger partial charge in [-0.15, -0.1) is 13.2 Å². The van der Waals surface area contributed by atoms with Crippen molar-refractivity contribution in [2.24, 2.45) is 0 Å². The Bertz CT molecular complexity index is 273. The standard InChI is InChI=1S/C7H6F3NO.C2H6/c8-7(9,10)12-6-4-2-1-3-5(6)11;1-2/h1-4H,11H2;1-2H3. The molecule has 0 aliphatic heterocycles. The van der Waals surface area contributed by atoms with Gasteiger partial charge in [-0.2, -0.15) is 0 Å². The molecule has 1 aromatic rings. The maximum Gasteiger partial charge on any atom is 0.573 e. The maximum atomic E-state index is 11.6. The van der Waals surface area contributed by atoms with Crippen LogP contribution in [-0.4, -0.2) is 6.36 Å². The van der Waals surface area contributed by atoms with E-state index in [9.17, 15) is 13.2 Å². The molecule has 2 nitrogen and oxygen atoms in total. The lowest BCUT2D eigenvalue weighted by Gasteiger charge is -2.09. The molecule has 0 amide bonds. The molecule has 5 heteroatoms. The highest BCUT2D eigenvalue weighted by molar-refractivity contribution is 5.51. The van der Waals surface area contributed by atoms with Crippen LogP contribution < -0.4 is 10.5 Å². The normalized spacial score (nSPS) is 10.1. The summed E-state index contributed by atoms with van der Waals surface area (Å²) in [5.41, 5.74) is 5.17. The van der Waals surface area contributed by atoms with E-state index in [1.165, 1.54) is 18.2 Å². The van der Waals surface area contributed by atoms with Gasteiger partial charge in [-0.3, -0.25) is 0 Å². The van der Waals surface area contributed by atoms with Crippen molar-refractivity contribution in [2.75, 3.05) is 5.73 Å². The molecule has 0 spiro atoms. The molecule has 0 saturated carbocycles. The van der Waals surface area contributed by atoms with E-state index in [1.54, 1.807) is 0 Å². The fourth-order valence-corrected chi connectivity index (χ4v) is 0.698. The van der Waals surface area contributed by atoms with E-state index in [4.69, 9.17) is 5.73 Å². The van der Waals surface area contributed by atoms with Crippen molar-refractivity contribution in [2.45, 2.75) is 20.2 Å². The summed E-state index contributed by atoms with van der Waals surface area (Å²) in [5, 5.41) is 0. The second kappa shape index (κ2) is 5.36. The molecular formula is C9H12F3NO. The molecule has 0 aliphatic carbocycles. The van der Waals surface area contributed by atoms with Gasteiger partial charge in [0.25, 0.3) is 0 Å². The Labute approximate surface area is 80.5 Å². The second-order valence-electron chi connectivity index (χ2n) is 2.09. The van der Waals surface area contributed by atoms with Crippen LogP contribution in [0.3, 0.4) is 0 Å². The van der Waals surface area contributed by atoms with Crippen LogP contribution in [0.25, 0.3) is 0 Å². The predicted molar refractivity (Wildman–Crippen MR) is 48.9 cm³/mol. The van der Waals surface area contributed by atoms with Crippen LogP contribution in [0.1, 0.15) is 13.8 Å². The molecule has 0 aromatic heterocycles. The summed E-state index contributed by atoms with van der Waals surface area (Å²) in [6.07, 6.45) is -4.69.